The normalized spacial score (nSPS) is 11.6. The fourth-order valence-corrected chi connectivity index (χ4v) is 3.90. The molecule has 3 amide bonds. The van der Waals surface area contributed by atoms with Crippen LogP contribution in [0.4, 0.5) is 8.78 Å². The Hall–Kier alpha value is -4.25. The molecule has 1 heterocycles. The standard InChI is InChI=1S/C29H33F2N3O6/c1-2-3-5-11-23(17-34(20-35)38-18-21-9-6-4-7-10-21)27(36)32-19-33-28(37)26-15-14-25(40-26)22-12-8-13-24(16-22)39-29(30)31/h4,6-10,12-16,20,23,29H,2-3,5,11,17-19H2,1H3,(H,32,36)(H,33,37)/t23-/m1/s1. The molecule has 2 aromatic carbocycles. The van der Waals surface area contributed by atoms with Crippen LogP contribution in [-0.2, 0) is 21.0 Å². The first-order chi connectivity index (χ1) is 19.4. The Balaban J connectivity index is 1.53. The van der Waals surface area contributed by atoms with Gasteiger partial charge in [0, 0.05) is 5.56 Å². The molecule has 1 aromatic heterocycles. The number of halogens is 2. The highest BCUT2D eigenvalue weighted by molar-refractivity contribution is 5.92. The molecule has 0 radical (unpaired) electrons. The first-order valence-electron chi connectivity index (χ1n) is 13.0. The van der Waals surface area contributed by atoms with Crippen LogP contribution >= 0.6 is 0 Å². The lowest BCUT2D eigenvalue weighted by molar-refractivity contribution is -0.182. The molecule has 40 heavy (non-hydrogen) atoms. The van der Waals surface area contributed by atoms with Gasteiger partial charge < -0.3 is 19.8 Å². The van der Waals surface area contributed by atoms with Gasteiger partial charge in [-0.15, -0.1) is 0 Å². The molecular formula is C29H33F2N3O6. The molecule has 9 nitrogen and oxygen atoms in total. The van der Waals surface area contributed by atoms with Crippen molar-refractivity contribution in [2.24, 2.45) is 5.92 Å². The van der Waals surface area contributed by atoms with E-state index in [0.717, 1.165) is 29.9 Å². The van der Waals surface area contributed by atoms with Crippen molar-refractivity contribution in [3.63, 3.8) is 0 Å². The van der Waals surface area contributed by atoms with E-state index in [0.29, 0.717) is 18.4 Å². The van der Waals surface area contributed by atoms with Gasteiger partial charge in [-0.25, -0.2) is 5.06 Å². The summed E-state index contributed by atoms with van der Waals surface area (Å²) in [5.41, 5.74) is 1.34. The molecule has 0 unspecified atom stereocenters. The number of alkyl halides is 2. The summed E-state index contributed by atoms with van der Waals surface area (Å²) in [7, 11) is 0. The SMILES string of the molecule is CCCCC[C@H](CN(C=O)OCc1ccccc1)C(=O)NCNC(=O)c1ccc(-c2cccc(OC(F)F)c2)o1. The van der Waals surface area contributed by atoms with Gasteiger partial charge in [-0.3, -0.25) is 19.2 Å². The molecule has 1 atom stereocenters. The van der Waals surface area contributed by atoms with Crippen molar-refractivity contribution in [3.05, 3.63) is 78.1 Å². The van der Waals surface area contributed by atoms with Crippen molar-refractivity contribution >= 4 is 18.2 Å². The molecular weight excluding hydrogens is 524 g/mol. The Kier molecular flexibility index (Phi) is 12.1. The Labute approximate surface area is 231 Å². The highest BCUT2D eigenvalue weighted by Crippen LogP contribution is 2.26. The number of amides is 3. The van der Waals surface area contributed by atoms with Crippen LogP contribution in [0.1, 0.15) is 48.7 Å². The summed E-state index contributed by atoms with van der Waals surface area (Å²) in [5, 5.41) is 6.36. The quantitative estimate of drug-likeness (QED) is 0.103. The second kappa shape index (κ2) is 16.0. The monoisotopic (exact) mass is 557 g/mol. The molecule has 0 bridgehead atoms. The maximum Gasteiger partial charge on any atom is 0.387 e. The number of unbranched alkanes of at least 4 members (excludes halogenated alkanes) is 2. The van der Waals surface area contributed by atoms with Gasteiger partial charge in [0.1, 0.15) is 18.1 Å². The minimum Gasteiger partial charge on any atom is -0.451 e. The summed E-state index contributed by atoms with van der Waals surface area (Å²) >= 11 is 0. The molecule has 0 saturated carbocycles. The molecule has 0 fully saturated rings. The third-order valence-corrected chi connectivity index (χ3v) is 5.97. The number of carbonyl (C=O) groups is 3. The average Bonchev–Trinajstić information content (AvgIpc) is 3.45. The fraction of sp³-hybridized carbons (Fsp3) is 0.345. The molecule has 0 aliphatic heterocycles. The molecule has 11 heteroatoms. The van der Waals surface area contributed by atoms with Crippen molar-refractivity contribution in [3.8, 4) is 17.1 Å². The van der Waals surface area contributed by atoms with Crippen LogP contribution in [-0.4, -0.2) is 43.1 Å². The molecule has 0 saturated heterocycles. The van der Waals surface area contributed by atoms with Crippen LogP contribution in [0, 0.1) is 5.92 Å². The minimum atomic E-state index is -2.96. The number of nitrogens with zero attached hydrogens (tertiary/aromatic N) is 1. The van der Waals surface area contributed by atoms with Crippen LogP contribution in [0.2, 0.25) is 0 Å². The van der Waals surface area contributed by atoms with Crippen molar-refractivity contribution < 1.29 is 37.2 Å². The number of hydrogen-bond donors (Lipinski definition) is 2. The maximum absolute atomic E-state index is 12.9. The summed E-state index contributed by atoms with van der Waals surface area (Å²) in [6, 6.07) is 18.2. The van der Waals surface area contributed by atoms with E-state index < -0.39 is 18.4 Å². The van der Waals surface area contributed by atoms with Crippen LogP contribution < -0.4 is 15.4 Å². The third kappa shape index (κ3) is 9.81. The van der Waals surface area contributed by atoms with Crippen molar-refractivity contribution in [2.75, 3.05) is 13.2 Å². The van der Waals surface area contributed by atoms with Crippen molar-refractivity contribution in [2.45, 2.75) is 45.8 Å². The van der Waals surface area contributed by atoms with Crippen LogP contribution in [0.5, 0.6) is 5.75 Å². The van der Waals surface area contributed by atoms with E-state index in [2.05, 4.69) is 22.3 Å². The van der Waals surface area contributed by atoms with Gasteiger partial charge >= 0.3 is 6.61 Å². The predicted octanol–water partition coefficient (Wildman–Crippen LogP) is 5.14. The Morgan fingerprint density at radius 1 is 1.02 bits per heavy atom. The highest BCUT2D eigenvalue weighted by atomic mass is 19.3. The third-order valence-electron chi connectivity index (χ3n) is 5.97. The van der Waals surface area contributed by atoms with Crippen LogP contribution in [0.15, 0.2) is 71.1 Å². The number of carbonyl (C=O) groups excluding carboxylic acids is 3. The molecule has 0 aliphatic rings. The van der Waals surface area contributed by atoms with Gasteiger partial charge in [0.15, 0.2) is 5.76 Å². The topological polar surface area (TPSA) is 110 Å². The van der Waals surface area contributed by atoms with E-state index >= 15 is 0 Å². The number of hydroxylamine groups is 2. The van der Waals surface area contributed by atoms with Gasteiger partial charge in [0.25, 0.3) is 5.91 Å². The van der Waals surface area contributed by atoms with Gasteiger partial charge in [0.2, 0.25) is 12.3 Å². The first kappa shape index (κ1) is 30.3. The minimum absolute atomic E-state index is 0.0228. The molecule has 2 N–H and O–H groups in total. The van der Waals surface area contributed by atoms with E-state index in [4.69, 9.17) is 9.25 Å². The van der Waals surface area contributed by atoms with Crippen molar-refractivity contribution in [1.29, 1.82) is 0 Å². The highest BCUT2D eigenvalue weighted by Gasteiger charge is 2.22. The predicted molar refractivity (Wildman–Crippen MR) is 143 cm³/mol. The summed E-state index contributed by atoms with van der Waals surface area (Å²) in [6.07, 6.45) is 3.80. The fourth-order valence-electron chi connectivity index (χ4n) is 3.90. The van der Waals surface area contributed by atoms with E-state index in [9.17, 15) is 23.2 Å². The zero-order valence-electron chi connectivity index (χ0n) is 22.2. The maximum atomic E-state index is 12.9. The number of ether oxygens (including phenoxy) is 1. The number of nitrogens with one attached hydrogen (secondary N) is 2. The Morgan fingerprint density at radius 3 is 2.55 bits per heavy atom. The summed E-state index contributed by atoms with van der Waals surface area (Å²) in [4.78, 5) is 42.7. The number of furan rings is 1. The lowest BCUT2D eigenvalue weighted by atomic mass is 10.0. The molecule has 3 rings (SSSR count). The van der Waals surface area contributed by atoms with Crippen LogP contribution in [0.3, 0.4) is 0 Å². The smallest absolute Gasteiger partial charge is 0.387 e. The molecule has 0 spiro atoms. The second-order valence-corrected chi connectivity index (χ2v) is 8.95. The number of rotatable bonds is 17. The van der Waals surface area contributed by atoms with E-state index in [1.807, 2.05) is 30.3 Å². The average molecular weight is 558 g/mol. The lowest BCUT2D eigenvalue weighted by Gasteiger charge is -2.23. The van der Waals surface area contributed by atoms with Crippen LogP contribution in [0.25, 0.3) is 11.3 Å². The Bertz CT molecular complexity index is 1220. The van der Waals surface area contributed by atoms with Gasteiger partial charge in [0.05, 0.1) is 19.1 Å². The number of benzene rings is 2. The zero-order valence-corrected chi connectivity index (χ0v) is 22.2. The van der Waals surface area contributed by atoms with E-state index in [-0.39, 0.29) is 43.0 Å². The van der Waals surface area contributed by atoms with E-state index in [1.54, 1.807) is 6.07 Å². The molecule has 3 aromatic rings. The lowest BCUT2D eigenvalue weighted by Crippen LogP contribution is -2.43. The molecule has 214 valence electrons. The van der Waals surface area contributed by atoms with Crippen molar-refractivity contribution in [1.82, 2.24) is 15.7 Å². The van der Waals surface area contributed by atoms with Gasteiger partial charge in [-0.1, -0.05) is 68.7 Å². The Morgan fingerprint density at radius 2 is 1.82 bits per heavy atom. The van der Waals surface area contributed by atoms with E-state index in [1.165, 1.54) is 30.3 Å². The summed E-state index contributed by atoms with van der Waals surface area (Å²) in [5.74, 6) is -1.22. The van der Waals surface area contributed by atoms with Gasteiger partial charge in [-0.05, 0) is 36.2 Å². The summed E-state index contributed by atoms with van der Waals surface area (Å²) in [6.45, 7) is -0.817. The molecule has 0 aliphatic carbocycles. The first-order valence-corrected chi connectivity index (χ1v) is 13.0. The second-order valence-electron chi connectivity index (χ2n) is 8.95. The summed E-state index contributed by atoms with van der Waals surface area (Å²) < 4.78 is 34.9. The largest absolute Gasteiger partial charge is 0.451 e. The zero-order chi connectivity index (χ0) is 28.7. The number of hydrogen-bond acceptors (Lipinski definition) is 6. The van der Waals surface area contributed by atoms with Gasteiger partial charge in [-0.2, -0.15) is 8.78 Å².